The van der Waals surface area contributed by atoms with Gasteiger partial charge in [0.05, 0.1) is 48.4 Å². The van der Waals surface area contributed by atoms with Gasteiger partial charge in [0.25, 0.3) is 0 Å². The SMILES string of the molecule is NC(N)=C/C=C(\N)c1cnccc1C(F)(F)F.[B]C1([B])CC(C([B])(O)N2CC3(C)CCC[C@]3(C)C2)CC([B])([B])O1. The van der Waals surface area contributed by atoms with Crippen LogP contribution in [-0.2, 0) is 10.9 Å². The summed E-state index contributed by atoms with van der Waals surface area (Å²) in [6.45, 7) is 6.06. The minimum absolute atomic E-state index is 0.0506. The Hall–Kier alpha value is -1.98. The van der Waals surface area contributed by atoms with Crippen molar-refractivity contribution in [3.8, 4) is 0 Å². The van der Waals surface area contributed by atoms with Gasteiger partial charge in [-0.2, -0.15) is 13.2 Å². The zero-order valence-electron chi connectivity index (χ0n) is 22.9. The number of pyridine rings is 1. The van der Waals surface area contributed by atoms with Crippen molar-refractivity contribution in [2.45, 2.75) is 68.6 Å². The summed E-state index contributed by atoms with van der Waals surface area (Å²) in [7, 11) is 29.9. The van der Waals surface area contributed by atoms with E-state index < -0.39 is 34.1 Å². The lowest BCUT2D eigenvalue weighted by atomic mass is 9.49. The number of aliphatic hydroxyl groups is 1. The van der Waals surface area contributed by atoms with Crippen LogP contribution in [0, 0.1) is 16.7 Å². The number of alkyl halides is 3. The van der Waals surface area contributed by atoms with Crippen molar-refractivity contribution in [3.63, 3.8) is 0 Å². The number of allylic oxidation sites excluding steroid dienone is 2. The van der Waals surface area contributed by atoms with Gasteiger partial charge in [-0.05, 0) is 71.4 Å². The number of hydrogen-bond acceptors (Lipinski definition) is 7. The number of fused-ring (bicyclic) bond motifs is 1. The van der Waals surface area contributed by atoms with E-state index in [4.69, 9.17) is 61.2 Å². The van der Waals surface area contributed by atoms with Crippen LogP contribution in [-0.4, -0.2) is 83.7 Å². The minimum Gasteiger partial charge on any atom is -0.407 e. The van der Waals surface area contributed by atoms with Crippen molar-refractivity contribution in [2.75, 3.05) is 13.1 Å². The first-order valence-corrected chi connectivity index (χ1v) is 12.9. The summed E-state index contributed by atoms with van der Waals surface area (Å²) in [5, 5.41) is 8.12. The van der Waals surface area contributed by atoms with Crippen LogP contribution >= 0.6 is 0 Å². The molecule has 40 heavy (non-hydrogen) atoms. The first-order valence-electron chi connectivity index (χ1n) is 12.9. The fourth-order valence-electron chi connectivity index (χ4n) is 6.15. The van der Waals surface area contributed by atoms with Crippen LogP contribution in [0.15, 0.2) is 36.4 Å². The lowest BCUT2D eigenvalue weighted by Gasteiger charge is -2.53. The zero-order valence-corrected chi connectivity index (χ0v) is 22.9. The van der Waals surface area contributed by atoms with Crippen LogP contribution in [0.5, 0.6) is 0 Å². The largest absolute Gasteiger partial charge is 0.417 e. The third kappa shape index (κ3) is 7.08. The van der Waals surface area contributed by atoms with Crippen LogP contribution in [0.2, 0.25) is 0 Å². The van der Waals surface area contributed by atoms with Gasteiger partial charge in [-0.3, -0.25) is 9.88 Å². The number of ether oxygens (including phenoxy) is 1. The van der Waals surface area contributed by atoms with Crippen LogP contribution in [0.1, 0.15) is 57.1 Å². The van der Waals surface area contributed by atoms with Gasteiger partial charge >= 0.3 is 6.18 Å². The summed E-state index contributed by atoms with van der Waals surface area (Å²) in [6.07, 6.45) is 3.92. The van der Waals surface area contributed by atoms with Gasteiger partial charge in [-0.15, -0.1) is 0 Å². The molecule has 1 aliphatic carbocycles. The predicted molar refractivity (Wildman–Crippen MR) is 152 cm³/mol. The van der Waals surface area contributed by atoms with Gasteiger partial charge in [-0.1, -0.05) is 20.3 Å². The molecule has 7 nitrogen and oxygen atoms in total. The molecule has 3 atom stereocenters. The van der Waals surface area contributed by atoms with Gasteiger partial charge in [0, 0.05) is 36.7 Å². The van der Waals surface area contributed by atoms with E-state index in [0.717, 1.165) is 44.4 Å². The molecule has 7 N–H and O–H groups in total. The summed E-state index contributed by atoms with van der Waals surface area (Å²) in [5.74, 6) is -0.516. The van der Waals surface area contributed by atoms with E-state index in [0.29, 0.717) is 0 Å². The van der Waals surface area contributed by atoms with Gasteiger partial charge in [-0.25, -0.2) is 0 Å². The van der Waals surface area contributed by atoms with E-state index in [9.17, 15) is 18.3 Å². The molecule has 0 amide bonds. The molecule has 2 unspecified atom stereocenters. The fraction of sp³-hybridized carbons (Fsp3) is 0.640. The molecule has 2 saturated heterocycles. The number of halogens is 3. The van der Waals surface area contributed by atoms with E-state index in [1.165, 1.54) is 18.6 Å². The number of nitrogens with two attached hydrogens (primary N) is 3. The van der Waals surface area contributed by atoms with Crippen molar-refractivity contribution >= 4 is 44.9 Å². The summed E-state index contributed by atoms with van der Waals surface area (Å²) in [5.41, 5.74) is 13.4. The molecule has 3 heterocycles. The Morgan fingerprint density at radius 3 is 2.05 bits per heavy atom. The van der Waals surface area contributed by atoms with Crippen LogP contribution < -0.4 is 17.2 Å². The van der Waals surface area contributed by atoms with Gasteiger partial charge in [0.15, 0.2) is 0 Å². The Kier molecular flexibility index (Phi) is 8.97. The Bertz CT molecular complexity index is 1110. The second kappa shape index (κ2) is 11.0. The monoisotopic (exact) mass is 547 g/mol. The van der Waals surface area contributed by atoms with E-state index in [2.05, 4.69) is 18.8 Å². The summed E-state index contributed by atoms with van der Waals surface area (Å²) < 4.78 is 43.2. The predicted octanol–water partition coefficient (Wildman–Crippen LogP) is 0.880. The highest BCUT2D eigenvalue weighted by Gasteiger charge is 2.59. The van der Waals surface area contributed by atoms with Gasteiger partial charge in [0.2, 0.25) is 0 Å². The third-order valence-electron chi connectivity index (χ3n) is 8.51. The molecule has 4 rings (SSSR count). The smallest absolute Gasteiger partial charge is 0.407 e. The second-order valence-electron chi connectivity index (χ2n) is 11.9. The highest BCUT2D eigenvalue weighted by Crippen LogP contribution is 2.58. The molecule has 1 aromatic rings. The van der Waals surface area contributed by atoms with Crippen LogP contribution in [0.3, 0.4) is 0 Å². The Labute approximate surface area is 241 Å². The summed E-state index contributed by atoms with van der Waals surface area (Å²) in [6, 6.07) is 0.853. The highest BCUT2D eigenvalue weighted by atomic mass is 19.4. The lowest BCUT2D eigenvalue weighted by molar-refractivity contribution is -0.137. The lowest BCUT2D eigenvalue weighted by Crippen LogP contribution is -2.63. The molecule has 3 aliphatic rings. The Morgan fingerprint density at radius 1 is 1.05 bits per heavy atom. The van der Waals surface area contributed by atoms with Crippen molar-refractivity contribution < 1.29 is 23.0 Å². The Morgan fingerprint density at radius 2 is 1.57 bits per heavy atom. The molecule has 0 aromatic carbocycles. The fourth-order valence-corrected chi connectivity index (χ4v) is 6.15. The van der Waals surface area contributed by atoms with Crippen molar-refractivity contribution in [2.24, 2.45) is 33.9 Å². The average Bonchev–Trinajstić information content (AvgIpc) is 3.22. The average molecular weight is 547 g/mol. The molecule has 3 fully saturated rings. The van der Waals surface area contributed by atoms with E-state index in [1.807, 2.05) is 4.90 Å². The first-order chi connectivity index (χ1) is 18.1. The number of likely N-dealkylation sites (tertiary alicyclic amines) is 1. The quantitative estimate of drug-likeness (QED) is 0.327. The van der Waals surface area contributed by atoms with Gasteiger partial charge in [0.1, 0.15) is 7.85 Å². The molecule has 2 aliphatic heterocycles. The summed E-state index contributed by atoms with van der Waals surface area (Å²) >= 11 is 0. The maximum absolute atomic E-state index is 12.6. The molecule has 1 aromatic heterocycles. The Balaban J connectivity index is 0.000000232. The normalized spacial score (nSPS) is 30.0. The number of rotatable bonds is 4. The molecule has 10 radical (unpaired) electrons. The van der Waals surface area contributed by atoms with E-state index >= 15 is 0 Å². The summed E-state index contributed by atoms with van der Waals surface area (Å²) in [4.78, 5) is 5.56. The number of hydrogen-bond donors (Lipinski definition) is 4. The maximum atomic E-state index is 12.6. The van der Waals surface area contributed by atoms with Crippen molar-refractivity contribution in [3.05, 3.63) is 47.6 Å². The molecule has 206 valence electrons. The van der Waals surface area contributed by atoms with Crippen LogP contribution in [0.4, 0.5) is 13.2 Å². The molecular weight excluding hydrogens is 513 g/mol. The first kappa shape index (κ1) is 32.5. The van der Waals surface area contributed by atoms with E-state index in [1.54, 1.807) is 0 Å². The van der Waals surface area contributed by atoms with Gasteiger partial charge < -0.3 is 27.0 Å². The molecule has 1 saturated carbocycles. The molecule has 0 bridgehead atoms. The number of nitrogens with zero attached hydrogens (tertiary/aromatic N) is 2. The second-order valence-corrected chi connectivity index (χ2v) is 11.9. The molecule has 0 spiro atoms. The van der Waals surface area contributed by atoms with Crippen molar-refractivity contribution in [1.82, 2.24) is 9.88 Å². The topological polar surface area (TPSA) is 124 Å². The molecule has 15 heteroatoms. The standard InChI is InChI=1S/C15H22B5NO2.C10H11F3N4/c1-11-4-3-5-12(11,2)9-21(8-11)15(20,22)10-6-13(16,17)23-14(18,19)7-10;11-10(12,13)7-3-4-17-5-6(7)8(14)1-2-9(15)16/h10,22H,3-9H2,1-2H3;1-5H,14-16H2/b;8-1-/t11-,12?,15?;/m1./s1. The number of aromatic nitrogens is 1. The third-order valence-corrected chi connectivity index (χ3v) is 8.51. The molecular formula is C25H33B5F3N5O2. The minimum atomic E-state index is -4.49. The van der Waals surface area contributed by atoms with Crippen molar-refractivity contribution in [1.29, 1.82) is 0 Å². The zero-order chi connectivity index (χ0) is 30.4. The highest BCUT2D eigenvalue weighted by molar-refractivity contribution is 6.42. The van der Waals surface area contributed by atoms with Crippen LogP contribution in [0.25, 0.3) is 5.70 Å². The van der Waals surface area contributed by atoms with E-state index in [-0.39, 0.29) is 40.8 Å². The maximum Gasteiger partial charge on any atom is 0.417 e.